The largest absolute Gasteiger partial charge is 0.418 e. The summed E-state index contributed by atoms with van der Waals surface area (Å²) < 4.78 is 38.9. The molecule has 0 saturated carbocycles. The van der Waals surface area contributed by atoms with Gasteiger partial charge in [0.05, 0.1) is 5.56 Å². The van der Waals surface area contributed by atoms with E-state index in [-0.39, 0.29) is 11.7 Å². The Hall–Kier alpha value is -0.710. The maximum Gasteiger partial charge on any atom is 0.418 e. The lowest BCUT2D eigenvalue weighted by Crippen LogP contribution is -2.20. The highest BCUT2D eigenvalue weighted by Gasteiger charge is 2.34. The lowest BCUT2D eigenvalue weighted by Gasteiger charge is -2.20. The molecule has 0 aliphatic heterocycles. The number of nitrogens with one attached hydrogen (secondary N) is 1. The van der Waals surface area contributed by atoms with E-state index in [0.717, 1.165) is 18.9 Å². The number of rotatable bonds is 4. The van der Waals surface area contributed by atoms with Gasteiger partial charge >= 0.3 is 6.18 Å². The first-order chi connectivity index (χ1) is 7.88. The molecule has 1 aromatic rings. The van der Waals surface area contributed by atoms with Gasteiger partial charge in [0.2, 0.25) is 0 Å². The summed E-state index contributed by atoms with van der Waals surface area (Å²) in [7, 11) is 0. The minimum absolute atomic E-state index is 0.0669. The van der Waals surface area contributed by atoms with Gasteiger partial charge in [-0.05, 0) is 31.0 Å². The second-order valence-corrected chi connectivity index (χ2v) is 4.76. The van der Waals surface area contributed by atoms with Crippen LogP contribution in [0, 0.1) is 0 Å². The third kappa shape index (κ3) is 3.91. The summed E-state index contributed by atoms with van der Waals surface area (Å²) in [6.45, 7) is 3.90. The summed E-state index contributed by atoms with van der Waals surface area (Å²) in [6.07, 6.45) is -2.74. The van der Waals surface area contributed by atoms with Crippen LogP contribution in [0.3, 0.4) is 0 Å². The van der Waals surface area contributed by atoms with Crippen molar-refractivity contribution in [1.82, 2.24) is 0 Å². The molecule has 0 unspecified atom stereocenters. The Labute approximate surface area is 108 Å². The van der Waals surface area contributed by atoms with Gasteiger partial charge in [-0.3, -0.25) is 0 Å². The van der Waals surface area contributed by atoms with Crippen LogP contribution in [-0.4, -0.2) is 6.04 Å². The fourth-order valence-corrected chi connectivity index (χ4v) is 1.95. The van der Waals surface area contributed by atoms with Crippen LogP contribution >= 0.6 is 15.9 Å². The van der Waals surface area contributed by atoms with Gasteiger partial charge < -0.3 is 5.32 Å². The van der Waals surface area contributed by atoms with Gasteiger partial charge in [-0.1, -0.05) is 29.8 Å². The minimum atomic E-state index is -4.34. The third-order valence-electron chi connectivity index (χ3n) is 2.63. The minimum Gasteiger partial charge on any atom is -0.382 e. The zero-order valence-corrected chi connectivity index (χ0v) is 11.3. The van der Waals surface area contributed by atoms with Crippen LogP contribution in [0.25, 0.3) is 0 Å². The summed E-state index contributed by atoms with van der Waals surface area (Å²) in [4.78, 5) is 0. The highest BCUT2D eigenvalue weighted by molar-refractivity contribution is 9.10. The topological polar surface area (TPSA) is 12.0 Å². The van der Waals surface area contributed by atoms with Crippen LogP contribution in [0.4, 0.5) is 18.9 Å². The first-order valence-electron chi connectivity index (χ1n) is 5.51. The fraction of sp³-hybridized carbons (Fsp3) is 0.500. The van der Waals surface area contributed by atoms with Crippen molar-refractivity contribution in [3.8, 4) is 0 Å². The standard InChI is InChI=1S/C12H15BrF3N/c1-3-9(4-2)17-11-6-5-8(13)7-10(11)12(14,15)16/h5-7,9,17H,3-4H2,1-2H3. The average molecular weight is 310 g/mol. The zero-order valence-electron chi connectivity index (χ0n) is 9.74. The van der Waals surface area contributed by atoms with E-state index in [2.05, 4.69) is 21.2 Å². The number of hydrogen-bond donors (Lipinski definition) is 1. The molecule has 0 spiro atoms. The number of halogens is 4. The molecule has 0 bridgehead atoms. The molecular weight excluding hydrogens is 295 g/mol. The lowest BCUT2D eigenvalue weighted by molar-refractivity contribution is -0.137. The van der Waals surface area contributed by atoms with Crippen molar-refractivity contribution in [1.29, 1.82) is 0 Å². The Morgan fingerprint density at radius 3 is 2.29 bits per heavy atom. The van der Waals surface area contributed by atoms with Gasteiger partial charge in [-0.15, -0.1) is 0 Å². The number of alkyl halides is 3. The summed E-state index contributed by atoms with van der Waals surface area (Å²) in [5.41, 5.74) is -0.479. The second-order valence-electron chi connectivity index (χ2n) is 3.85. The van der Waals surface area contributed by atoms with Crippen molar-refractivity contribution in [2.75, 3.05) is 5.32 Å². The first kappa shape index (κ1) is 14.4. The van der Waals surface area contributed by atoms with Crippen LogP contribution in [0.5, 0.6) is 0 Å². The van der Waals surface area contributed by atoms with Crippen molar-refractivity contribution in [2.45, 2.75) is 38.9 Å². The first-order valence-corrected chi connectivity index (χ1v) is 6.31. The molecule has 0 saturated heterocycles. The summed E-state index contributed by atoms with van der Waals surface area (Å²) in [5.74, 6) is 0. The van der Waals surface area contributed by atoms with Crippen LogP contribution < -0.4 is 5.32 Å². The molecule has 1 rings (SSSR count). The van der Waals surface area contributed by atoms with Gasteiger partial charge in [0.1, 0.15) is 0 Å². The third-order valence-corrected chi connectivity index (χ3v) is 3.13. The predicted octanol–water partition coefficient (Wildman–Crippen LogP) is 5.07. The molecule has 0 heterocycles. The van der Waals surface area contributed by atoms with Gasteiger partial charge in [-0.2, -0.15) is 13.2 Å². The lowest BCUT2D eigenvalue weighted by atomic mass is 10.1. The molecular formula is C12H15BrF3N. The molecule has 0 aromatic heterocycles. The van der Waals surface area contributed by atoms with E-state index >= 15 is 0 Å². The SMILES string of the molecule is CCC(CC)Nc1ccc(Br)cc1C(F)(F)F. The van der Waals surface area contributed by atoms with Crippen molar-refractivity contribution in [3.05, 3.63) is 28.2 Å². The van der Waals surface area contributed by atoms with Gasteiger partial charge in [0, 0.05) is 16.2 Å². The maximum absolute atomic E-state index is 12.8. The molecule has 96 valence electrons. The second kappa shape index (κ2) is 5.76. The molecule has 0 atom stereocenters. The van der Waals surface area contributed by atoms with Gasteiger partial charge in [-0.25, -0.2) is 0 Å². The van der Waals surface area contributed by atoms with E-state index < -0.39 is 11.7 Å². The molecule has 5 heteroatoms. The highest BCUT2D eigenvalue weighted by atomic mass is 79.9. The van der Waals surface area contributed by atoms with E-state index in [0.29, 0.717) is 4.47 Å². The highest BCUT2D eigenvalue weighted by Crippen LogP contribution is 2.37. The van der Waals surface area contributed by atoms with E-state index in [1.807, 2.05) is 13.8 Å². The predicted molar refractivity (Wildman–Crippen MR) is 67.1 cm³/mol. The molecule has 0 aliphatic rings. The fourth-order valence-electron chi connectivity index (χ4n) is 1.59. The molecule has 0 aliphatic carbocycles. The van der Waals surface area contributed by atoms with Gasteiger partial charge in [0.15, 0.2) is 0 Å². The summed E-state index contributed by atoms with van der Waals surface area (Å²) in [5, 5.41) is 2.94. The van der Waals surface area contributed by atoms with E-state index in [9.17, 15) is 13.2 Å². The van der Waals surface area contributed by atoms with Crippen LogP contribution in [-0.2, 0) is 6.18 Å². The molecule has 17 heavy (non-hydrogen) atoms. The maximum atomic E-state index is 12.8. The smallest absolute Gasteiger partial charge is 0.382 e. The van der Waals surface area contributed by atoms with Crippen molar-refractivity contribution in [2.24, 2.45) is 0 Å². The Balaban J connectivity index is 3.06. The Morgan fingerprint density at radius 2 is 1.82 bits per heavy atom. The van der Waals surface area contributed by atoms with Crippen molar-refractivity contribution in [3.63, 3.8) is 0 Å². The molecule has 0 fully saturated rings. The molecule has 1 aromatic carbocycles. The molecule has 1 nitrogen and oxygen atoms in total. The van der Waals surface area contributed by atoms with Crippen LogP contribution in [0.2, 0.25) is 0 Å². The number of hydrogen-bond acceptors (Lipinski definition) is 1. The van der Waals surface area contributed by atoms with Crippen molar-refractivity contribution >= 4 is 21.6 Å². The molecule has 1 N–H and O–H groups in total. The monoisotopic (exact) mass is 309 g/mol. The molecule has 0 amide bonds. The van der Waals surface area contributed by atoms with E-state index in [1.165, 1.54) is 6.07 Å². The quantitative estimate of drug-likeness (QED) is 0.819. The normalized spacial score (nSPS) is 11.9. The van der Waals surface area contributed by atoms with Crippen LogP contribution in [0.15, 0.2) is 22.7 Å². The number of benzene rings is 1. The number of anilines is 1. The van der Waals surface area contributed by atoms with Crippen molar-refractivity contribution < 1.29 is 13.2 Å². The van der Waals surface area contributed by atoms with E-state index in [1.54, 1.807) is 6.07 Å². The van der Waals surface area contributed by atoms with Crippen LogP contribution in [0.1, 0.15) is 32.3 Å². The summed E-state index contributed by atoms with van der Waals surface area (Å²) >= 11 is 3.06. The molecule has 0 radical (unpaired) electrons. The van der Waals surface area contributed by atoms with E-state index in [4.69, 9.17) is 0 Å². The Bertz CT molecular complexity index is 373. The Morgan fingerprint density at radius 1 is 1.24 bits per heavy atom. The Kier molecular flexibility index (Phi) is 4.86. The van der Waals surface area contributed by atoms with Gasteiger partial charge in [0.25, 0.3) is 0 Å². The summed E-state index contributed by atoms with van der Waals surface area (Å²) in [6, 6.07) is 4.24. The zero-order chi connectivity index (χ0) is 13.1. The average Bonchev–Trinajstić information content (AvgIpc) is 2.26.